The smallest absolute Gasteiger partial charge is 0.270 e. The van der Waals surface area contributed by atoms with Crippen LogP contribution in [0.2, 0.25) is 0 Å². The quantitative estimate of drug-likeness (QED) is 0.699. The van der Waals surface area contributed by atoms with E-state index in [1.165, 1.54) is 4.68 Å². The van der Waals surface area contributed by atoms with Gasteiger partial charge in [0.1, 0.15) is 17.5 Å². The van der Waals surface area contributed by atoms with Crippen LogP contribution < -0.4 is 15.8 Å². The standard InChI is InChI=1S/C18H19N7O/c1-11-14(10-19)17(25(4)23-11)21-22-18(26)13-9-16(24(2)3)20-15-8-6-5-7-12(13)15/h5-9,21H,1-4H3,(H,22,26). The lowest BCUT2D eigenvalue weighted by Gasteiger charge is -2.15. The van der Waals surface area contributed by atoms with Gasteiger partial charge < -0.3 is 4.90 Å². The van der Waals surface area contributed by atoms with Gasteiger partial charge in [-0.3, -0.25) is 20.3 Å². The number of pyridine rings is 1. The summed E-state index contributed by atoms with van der Waals surface area (Å²) in [6.07, 6.45) is 0. The number of benzene rings is 1. The van der Waals surface area contributed by atoms with Crippen LogP contribution in [0.4, 0.5) is 11.6 Å². The summed E-state index contributed by atoms with van der Waals surface area (Å²) in [4.78, 5) is 19.2. The molecule has 3 rings (SSSR count). The number of carbonyl (C=O) groups is 1. The van der Waals surface area contributed by atoms with Gasteiger partial charge in [0.25, 0.3) is 5.91 Å². The lowest BCUT2D eigenvalue weighted by molar-refractivity contribution is 0.0964. The number of para-hydroxylation sites is 1. The first-order chi connectivity index (χ1) is 12.4. The highest BCUT2D eigenvalue weighted by Gasteiger charge is 2.16. The monoisotopic (exact) mass is 349 g/mol. The van der Waals surface area contributed by atoms with Crippen molar-refractivity contribution >= 4 is 28.4 Å². The summed E-state index contributed by atoms with van der Waals surface area (Å²) in [5.41, 5.74) is 7.67. The van der Waals surface area contributed by atoms with Gasteiger partial charge in [-0.15, -0.1) is 0 Å². The fourth-order valence-electron chi connectivity index (χ4n) is 2.70. The van der Waals surface area contributed by atoms with Gasteiger partial charge in [-0.25, -0.2) is 4.98 Å². The number of hydrogen-bond donors (Lipinski definition) is 2. The van der Waals surface area contributed by atoms with E-state index in [-0.39, 0.29) is 5.91 Å². The van der Waals surface area contributed by atoms with Crippen molar-refractivity contribution in [2.45, 2.75) is 6.92 Å². The van der Waals surface area contributed by atoms with E-state index in [1.54, 1.807) is 20.0 Å². The summed E-state index contributed by atoms with van der Waals surface area (Å²) < 4.78 is 1.52. The van der Waals surface area contributed by atoms with Gasteiger partial charge in [0, 0.05) is 26.5 Å². The van der Waals surface area contributed by atoms with E-state index < -0.39 is 0 Å². The van der Waals surface area contributed by atoms with Crippen molar-refractivity contribution in [3.63, 3.8) is 0 Å². The van der Waals surface area contributed by atoms with Crippen molar-refractivity contribution in [3.05, 3.63) is 47.2 Å². The molecule has 0 bridgehead atoms. The molecule has 2 aromatic heterocycles. The molecule has 0 fully saturated rings. The molecule has 1 aromatic carbocycles. The number of aryl methyl sites for hydroxylation is 2. The summed E-state index contributed by atoms with van der Waals surface area (Å²) in [5, 5.41) is 14.2. The Bertz CT molecular complexity index is 1030. The van der Waals surface area contributed by atoms with Gasteiger partial charge in [-0.05, 0) is 19.1 Å². The highest BCUT2D eigenvalue weighted by atomic mass is 16.2. The Morgan fingerprint density at radius 2 is 2.04 bits per heavy atom. The molecule has 0 aliphatic heterocycles. The maximum atomic E-state index is 12.8. The minimum atomic E-state index is -0.325. The van der Waals surface area contributed by atoms with Crippen LogP contribution in [0.1, 0.15) is 21.6 Å². The summed E-state index contributed by atoms with van der Waals surface area (Å²) in [6, 6.07) is 11.3. The van der Waals surface area contributed by atoms with Crippen molar-refractivity contribution < 1.29 is 4.79 Å². The van der Waals surface area contributed by atoms with Crippen molar-refractivity contribution in [2.24, 2.45) is 7.05 Å². The number of amides is 1. The fraction of sp³-hybridized carbons (Fsp3) is 0.222. The molecule has 0 spiro atoms. The van der Waals surface area contributed by atoms with Crippen LogP contribution in [0, 0.1) is 18.3 Å². The first-order valence-electron chi connectivity index (χ1n) is 7.99. The number of carbonyl (C=O) groups excluding carboxylic acids is 1. The Labute approximate surface area is 151 Å². The highest BCUT2D eigenvalue weighted by Crippen LogP contribution is 2.22. The first kappa shape index (κ1) is 17.2. The molecular formula is C18H19N7O. The van der Waals surface area contributed by atoms with Crippen LogP contribution in [0.5, 0.6) is 0 Å². The molecular weight excluding hydrogens is 330 g/mol. The number of fused-ring (bicyclic) bond motifs is 1. The third-order valence-electron chi connectivity index (χ3n) is 4.03. The molecule has 8 nitrogen and oxygen atoms in total. The molecule has 26 heavy (non-hydrogen) atoms. The third kappa shape index (κ3) is 3.02. The fourth-order valence-corrected chi connectivity index (χ4v) is 2.70. The Morgan fingerprint density at radius 3 is 2.73 bits per heavy atom. The summed E-state index contributed by atoms with van der Waals surface area (Å²) >= 11 is 0. The van der Waals surface area contributed by atoms with Gasteiger partial charge in [-0.1, -0.05) is 18.2 Å². The molecule has 1 amide bonds. The number of rotatable bonds is 4. The SMILES string of the molecule is Cc1nn(C)c(NNC(=O)c2cc(N(C)C)nc3ccccc23)c1C#N. The van der Waals surface area contributed by atoms with Crippen molar-refractivity contribution in [1.82, 2.24) is 20.2 Å². The maximum absolute atomic E-state index is 12.8. The van der Waals surface area contributed by atoms with Gasteiger partial charge >= 0.3 is 0 Å². The summed E-state index contributed by atoms with van der Waals surface area (Å²) in [6.45, 7) is 1.74. The van der Waals surface area contributed by atoms with Crippen molar-refractivity contribution in [3.8, 4) is 6.07 Å². The van der Waals surface area contributed by atoms with Gasteiger partial charge in [-0.2, -0.15) is 10.4 Å². The average Bonchev–Trinajstić information content (AvgIpc) is 2.90. The summed E-state index contributed by atoms with van der Waals surface area (Å²) in [5.74, 6) is 0.793. The van der Waals surface area contributed by atoms with Crippen LogP contribution in [0.15, 0.2) is 30.3 Å². The van der Waals surface area contributed by atoms with Gasteiger partial charge in [0.05, 0.1) is 16.8 Å². The van der Waals surface area contributed by atoms with Crippen LogP contribution in [0.25, 0.3) is 10.9 Å². The molecule has 3 aromatic rings. The number of nitriles is 1. The Hall–Kier alpha value is -3.60. The number of hydrogen-bond acceptors (Lipinski definition) is 6. The van der Waals surface area contributed by atoms with Crippen molar-refractivity contribution in [1.29, 1.82) is 5.26 Å². The van der Waals surface area contributed by atoms with E-state index in [4.69, 9.17) is 0 Å². The second kappa shape index (κ2) is 6.72. The molecule has 2 N–H and O–H groups in total. The minimum Gasteiger partial charge on any atom is -0.363 e. The van der Waals surface area contributed by atoms with E-state index in [0.717, 1.165) is 10.9 Å². The molecule has 2 heterocycles. The molecule has 8 heteroatoms. The predicted molar refractivity (Wildman–Crippen MR) is 99.8 cm³/mol. The van der Waals surface area contributed by atoms with E-state index in [2.05, 4.69) is 27.0 Å². The van der Waals surface area contributed by atoms with E-state index in [9.17, 15) is 10.1 Å². The maximum Gasteiger partial charge on any atom is 0.270 e. The number of nitrogens with zero attached hydrogens (tertiary/aromatic N) is 5. The lowest BCUT2D eigenvalue weighted by atomic mass is 10.1. The van der Waals surface area contributed by atoms with Crippen LogP contribution in [-0.4, -0.2) is 34.8 Å². The summed E-state index contributed by atoms with van der Waals surface area (Å²) in [7, 11) is 5.44. The molecule has 0 radical (unpaired) electrons. The zero-order valence-electron chi connectivity index (χ0n) is 15.0. The number of nitrogens with one attached hydrogen (secondary N) is 2. The van der Waals surface area contributed by atoms with Crippen LogP contribution in [-0.2, 0) is 7.05 Å². The average molecular weight is 349 g/mol. The van der Waals surface area contributed by atoms with Crippen molar-refractivity contribution in [2.75, 3.05) is 24.4 Å². The molecule has 0 aliphatic carbocycles. The lowest BCUT2D eigenvalue weighted by Crippen LogP contribution is -2.31. The van der Waals surface area contributed by atoms with E-state index in [0.29, 0.717) is 28.5 Å². The molecule has 0 aliphatic rings. The minimum absolute atomic E-state index is 0.325. The topological polar surface area (TPSA) is 98.9 Å². The molecule has 132 valence electrons. The zero-order valence-corrected chi connectivity index (χ0v) is 15.0. The second-order valence-electron chi connectivity index (χ2n) is 6.06. The third-order valence-corrected chi connectivity index (χ3v) is 4.03. The first-order valence-corrected chi connectivity index (χ1v) is 7.99. The normalized spacial score (nSPS) is 10.4. The van der Waals surface area contributed by atoms with Crippen LogP contribution in [0.3, 0.4) is 0 Å². The molecule has 0 saturated carbocycles. The molecule has 0 atom stereocenters. The Balaban J connectivity index is 1.95. The predicted octanol–water partition coefficient (Wildman–Crippen LogP) is 1.97. The Morgan fingerprint density at radius 1 is 1.31 bits per heavy atom. The van der Waals surface area contributed by atoms with Gasteiger partial charge in [0.15, 0.2) is 5.82 Å². The number of anilines is 2. The number of aromatic nitrogens is 3. The Kier molecular flexibility index (Phi) is 4.45. The largest absolute Gasteiger partial charge is 0.363 e. The van der Waals surface area contributed by atoms with Crippen LogP contribution >= 0.6 is 0 Å². The second-order valence-corrected chi connectivity index (χ2v) is 6.06. The highest BCUT2D eigenvalue weighted by molar-refractivity contribution is 6.07. The van der Waals surface area contributed by atoms with E-state index in [1.807, 2.05) is 43.3 Å². The van der Waals surface area contributed by atoms with E-state index >= 15 is 0 Å². The zero-order chi connectivity index (χ0) is 18.8. The molecule has 0 unspecified atom stereocenters. The molecule has 0 saturated heterocycles. The van der Waals surface area contributed by atoms with Gasteiger partial charge in [0.2, 0.25) is 0 Å². The number of hydrazine groups is 1.